The van der Waals surface area contributed by atoms with Crippen molar-refractivity contribution in [1.82, 2.24) is 0 Å². The summed E-state index contributed by atoms with van der Waals surface area (Å²) in [4.78, 5) is 1.42. The van der Waals surface area contributed by atoms with E-state index in [4.69, 9.17) is 0 Å². The van der Waals surface area contributed by atoms with Crippen molar-refractivity contribution in [3.05, 3.63) is 0 Å². The van der Waals surface area contributed by atoms with Gasteiger partial charge < -0.3 is 17.3 Å². The van der Waals surface area contributed by atoms with Crippen LogP contribution in [0.1, 0.15) is 0 Å². The van der Waals surface area contributed by atoms with Crippen LogP contribution in [0.3, 0.4) is 0 Å². The van der Waals surface area contributed by atoms with Crippen LogP contribution in [-0.2, 0) is 25.8 Å². The van der Waals surface area contributed by atoms with Gasteiger partial charge in [-0.1, -0.05) is 0 Å². The summed E-state index contributed by atoms with van der Waals surface area (Å²) in [7, 11) is 6.25. The SMILES string of the molecule is C[NH+](C)C.[Cl-].[Hf]. The molecule has 0 unspecified atom stereocenters. The molecule has 6 heavy (non-hydrogen) atoms. The van der Waals surface area contributed by atoms with Gasteiger partial charge in [-0.3, -0.25) is 0 Å². The molecule has 0 aromatic heterocycles. The maximum Gasteiger partial charge on any atom is 0.0661 e. The summed E-state index contributed by atoms with van der Waals surface area (Å²) in [5.41, 5.74) is 0. The molecule has 38 valence electrons. The van der Waals surface area contributed by atoms with Gasteiger partial charge in [-0.15, -0.1) is 0 Å². The molecule has 0 spiro atoms. The number of hydrogen-bond donors (Lipinski definition) is 1. The number of quaternary nitrogens is 1. The predicted octanol–water partition coefficient (Wildman–Crippen LogP) is -4.24. The average Bonchev–Trinajstić information content (AvgIpc) is 0.811. The van der Waals surface area contributed by atoms with Gasteiger partial charge in [0.25, 0.3) is 0 Å². The van der Waals surface area contributed by atoms with Crippen molar-refractivity contribution in [2.24, 2.45) is 0 Å². The second kappa shape index (κ2) is 9.45. The second-order valence-corrected chi connectivity index (χ2v) is 1.50. The van der Waals surface area contributed by atoms with Crippen LogP contribution >= 0.6 is 0 Å². The summed E-state index contributed by atoms with van der Waals surface area (Å²) in [6.45, 7) is 0. The third-order valence-corrected chi connectivity index (χ3v) is 0. The van der Waals surface area contributed by atoms with E-state index in [1.165, 1.54) is 4.90 Å². The molecule has 0 aliphatic carbocycles. The van der Waals surface area contributed by atoms with Crippen LogP contribution in [0.15, 0.2) is 0 Å². The minimum absolute atomic E-state index is 0. The van der Waals surface area contributed by atoms with Crippen molar-refractivity contribution in [2.75, 3.05) is 21.1 Å². The Kier molecular flexibility index (Phi) is 24.7. The van der Waals surface area contributed by atoms with Crippen molar-refractivity contribution in [1.29, 1.82) is 0 Å². The minimum Gasteiger partial charge on any atom is -1.00 e. The standard InChI is InChI=1S/C3H9N.ClH.Hf/c1-4(2)3;;/h1-3H3;1H;. The van der Waals surface area contributed by atoms with Gasteiger partial charge in [0, 0.05) is 25.8 Å². The Morgan fingerprint density at radius 1 is 1.00 bits per heavy atom. The summed E-state index contributed by atoms with van der Waals surface area (Å²) < 4.78 is 0. The predicted molar refractivity (Wildman–Crippen MR) is 18.7 cm³/mol. The van der Waals surface area contributed by atoms with Crippen LogP contribution < -0.4 is 17.3 Å². The first-order valence-corrected chi connectivity index (χ1v) is 1.50. The molecule has 0 aliphatic heterocycles. The quantitative estimate of drug-likeness (QED) is 0.427. The molecule has 0 radical (unpaired) electrons. The van der Waals surface area contributed by atoms with E-state index in [1.807, 2.05) is 0 Å². The van der Waals surface area contributed by atoms with Crippen molar-refractivity contribution < 1.29 is 43.2 Å². The van der Waals surface area contributed by atoms with E-state index >= 15 is 0 Å². The largest absolute Gasteiger partial charge is 1.00 e. The Labute approximate surface area is 64.3 Å². The first kappa shape index (κ1) is 15.7. The van der Waals surface area contributed by atoms with Crippen molar-refractivity contribution in [2.45, 2.75) is 0 Å². The van der Waals surface area contributed by atoms with Gasteiger partial charge in [0.2, 0.25) is 0 Å². The van der Waals surface area contributed by atoms with Gasteiger partial charge in [-0.2, -0.15) is 0 Å². The summed E-state index contributed by atoms with van der Waals surface area (Å²) in [6.07, 6.45) is 0. The molecule has 1 N–H and O–H groups in total. The molecule has 0 aromatic rings. The van der Waals surface area contributed by atoms with Crippen LogP contribution in [0.4, 0.5) is 0 Å². The van der Waals surface area contributed by atoms with Gasteiger partial charge in [-0.25, -0.2) is 0 Å². The molecule has 1 nitrogen and oxygen atoms in total. The fraction of sp³-hybridized carbons (Fsp3) is 1.00. The average molecular weight is 274 g/mol. The molecular formula is C3H10ClHfN. The Hall–Kier alpha value is 1.12. The molecule has 3 heteroatoms. The third kappa shape index (κ3) is 69.3. The molecule has 0 aromatic carbocycles. The molecule has 0 rings (SSSR count). The Morgan fingerprint density at radius 3 is 1.00 bits per heavy atom. The zero-order valence-corrected chi connectivity index (χ0v) is 8.73. The minimum atomic E-state index is 0. The fourth-order valence-corrected chi connectivity index (χ4v) is 0. The van der Waals surface area contributed by atoms with Crippen molar-refractivity contribution in [3.63, 3.8) is 0 Å². The molecule has 0 aliphatic rings. The maximum absolute atomic E-state index is 2.08. The first-order valence-electron chi connectivity index (χ1n) is 1.50. The van der Waals surface area contributed by atoms with Gasteiger partial charge >= 0.3 is 0 Å². The molecule has 0 atom stereocenters. The van der Waals surface area contributed by atoms with Crippen LogP contribution in [0.2, 0.25) is 0 Å². The molecule has 0 fully saturated rings. The van der Waals surface area contributed by atoms with E-state index in [-0.39, 0.29) is 38.3 Å². The fourth-order valence-electron chi connectivity index (χ4n) is 0. The summed E-state index contributed by atoms with van der Waals surface area (Å²) in [5, 5.41) is 0. The van der Waals surface area contributed by atoms with Gasteiger partial charge in [0.05, 0.1) is 21.1 Å². The van der Waals surface area contributed by atoms with E-state index in [0.29, 0.717) is 0 Å². The summed E-state index contributed by atoms with van der Waals surface area (Å²) >= 11 is 0. The summed E-state index contributed by atoms with van der Waals surface area (Å²) in [6, 6.07) is 0. The number of halogens is 1. The Bertz CT molecular complexity index is 15.5. The Morgan fingerprint density at radius 2 is 1.00 bits per heavy atom. The van der Waals surface area contributed by atoms with Crippen LogP contribution in [0, 0.1) is 0 Å². The second-order valence-electron chi connectivity index (χ2n) is 1.50. The molecule has 0 bridgehead atoms. The van der Waals surface area contributed by atoms with E-state index in [2.05, 4.69) is 21.1 Å². The monoisotopic (exact) mass is 275 g/mol. The molecule has 0 amide bonds. The van der Waals surface area contributed by atoms with Gasteiger partial charge in [0.15, 0.2) is 0 Å². The zero-order valence-electron chi connectivity index (χ0n) is 4.38. The number of nitrogens with one attached hydrogen (secondary N) is 1. The van der Waals surface area contributed by atoms with Crippen LogP contribution in [0.25, 0.3) is 0 Å². The zero-order chi connectivity index (χ0) is 3.58. The van der Waals surface area contributed by atoms with E-state index in [0.717, 1.165) is 0 Å². The molecule has 0 saturated carbocycles. The topological polar surface area (TPSA) is 4.44 Å². The van der Waals surface area contributed by atoms with Crippen molar-refractivity contribution in [3.8, 4) is 0 Å². The van der Waals surface area contributed by atoms with Crippen LogP contribution in [0.5, 0.6) is 0 Å². The summed E-state index contributed by atoms with van der Waals surface area (Å²) in [5.74, 6) is 0. The number of rotatable bonds is 0. The number of hydrogen-bond acceptors (Lipinski definition) is 0. The Balaban J connectivity index is -0.0000000450. The van der Waals surface area contributed by atoms with Gasteiger partial charge in [-0.05, 0) is 0 Å². The van der Waals surface area contributed by atoms with E-state index in [1.54, 1.807) is 0 Å². The maximum atomic E-state index is 2.08. The van der Waals surface area contributed by atoms with Crippen LogP contribution in [-0.4, -0.2) is 21.1 Å². The molecular weight excluding hydrogens is 264 g/mol. The van der Waals surface area contributed by atoms with E-state index < -0.39 is 0 Å². The molecule has 0 heterocycles. The first-order chi connectivity index (χ1) is 1.73. The van der Waals surface area contributed by atoms with Crippen molar-refractivity contribution >= 4 is 0 Å². The van der Waals surface area contributed by atoms with E-state index in [9.17, 15) is 0 Å². The third-order valence-electron chi connectivity index (χ3n) is 0. The molecule has 0 saturated heterocycles. The van der Waals surface area contributed by atoms with Gasteiger partial charge in [0.1, 0.15) is 0 Å². The smallest absolute Gasteiger partial charge is 0.0661 e. The normalized spacial score (nSPS) is 6.00.